The summed E-state index contributed by atoms with van der Waals surface area (Å²) in [5.41, 5.74) is 1.08. The van der Waals surface area contributed by atoms with Gasteiger partial charge in [-0.25, -0.2) is 18.0 Å². The molecule has 0 aliphatic carbocycles. The Morgan fingerprint density at radius 2 is 2.06 bits per heavy atom. The molecular formula is C21H21F3N4O3. The van der Waals surface area contributed by atoms with E-state index in [1.807, 2.05) is 0 Å². The van der Waals surface area contributed by atoms with Gasteiger partial charge in [0.1, 0.15) is 0 Å². The van der Waals surface area contributed by atoms with Gasteiger partial charge in [0.05, 0.1) is 17.8 Å². The number of hydrogen-bond donors (Lipinski definition) is 1. The maximum absolute atomic E-state index is 13.5. The first-order valence-electron chi connectivity index (χ1n) is 9.92. The summed E-state index contributed by atoms with van der Waals surface area (Å²) in [5.74, 6) is -4.32. The van der Waals surface area contributed by atoms with E-state index in [1.165, 1.54) is 9.80 Å². The van der Waals surface area contributed by atoms with Gasteiger partial charge in [-0.2, -0.15) is 0 Å². The molecule has 1 aromatic heterocycles. The fraction of sp³-hybridized carbons (Fsp3) is 0.381. The number of amides is 3. The maximum atomic E-state index is 13.5. The summed E-state index contributed by atoms with van der Waals surface area (Å²) in [6.07, 6.45) is 3.33. The second kappa shape index (κ2) is 8.09. The number of fused-ring (bicyclic) bond motifs is 1. The number of rotatable bonds is 4. The van der Waals surface area contributed by atoms with E-state index in [1.54, 1.807) is 13.0 Å². The lowest BCUT2D eigenvalue weighted by molar-refractivity contribution is -0.120. The Morgan fingerprint density at radius 3 is 2.74 bits per heavy atom. The number of allylic oxidation sites excluding steroid dienone is 1. The van der Waals surface area contributed by atoms with Gasteiger partial charge in [0.15, 0.2) is 17.5 Å². The van der Waals surface area contributed by atoms with Crippen LogP contribution in [-0.4, -0.2) is 34.6 Å². The van der Waals surface area contributed by atoms with Crippen molar-refractivity contribution in [2.75, 3.05) is 16.8 Å². The number of halogens is 3. The number of nitrogens with zero attached hydrogens (tertiary/aromatic N) is 3. The molecule has 0 spiro atoms. The Kier molecular flexibility index (Phi) is 5.47. The SMILES string of the molecule is C=CCC1CCN(c2onc3c2CN(C(=O)Nc2cc(F)c(F)c(F)c2)C(C)C3)C1=O. The molecule has 164 valence electrons. The van der Waals surface area contributed by atoms with Crippen molar-refractivity contribution in [1.82, 2.24) is 10.1 Å². The molecule has 1 fully saturated rings. The van der Waals surface area contributed by atoms with E-state index in [0.29, 0.717) is 55.1 Å². The molecule has 2 atom stereocenters. The van der Waals surface area contributed by atoms with Crippen molar-refractivity contribution in [3.8, 4) is 0 Å². The van der Waals surface area contributed by atoms with Crippen molar-refractivity contribution >= 4 is 23.5 Å². The van der Waals surface area contributed by atoms with E-state index in [2.05, 4.69) is 17.1 Å². The third kappa shape index (κ3) is 3.77. The predicted octanol–water partition coefficient (Wildman–Crippen LogP) is 4.00. The standard InChI is InChI=1S/C21H21F3N4O3/c1-3-4-12-5-6-27(19(12)29)20-14-10-28(11(2)7-17(14)26-31-20)21(30)25-13-8-15(22)18(24)16(23)9-13/h3,8-9,11-12H,1,4-7,10H2,2H3,(H,25,30). The number of urea groups is 1. The second-order valence-corrected chi connectivity index (χ2v) is 7.78. The number of aromatic nitrogens is 1. The molecule has 1 N–H and O–H groups in total. The van der Waals surface area contributed by atoms with Crippen molar-refractivity contribution in [2.24, 2.45) is 5.92 Å². The molecule has 1 saturated heterocycles. The van der Waals surface area contributed by atoms with Gasteiger partial charge < -0.3 is 14.7 Å². The van der Waals surface area contributed by atoms with E-state index in [-0.39, 0.29) is 30.1 Å². The summed E-state index contributed by atoms with van der Waals surface area (Å²) < 4.78 is 45.6. The third-order valence-electron chi connectivity index (χ3n) is 5.71. The van der Waals surface area contributed by atoms with E-state index in [9.17, 15) is 22.8 Å². The van der Waals surface area contributed by atoms with Crippen molar-refractivity contribution in [2.45, 2.75) is 38.8 Å². The number of carbonyl (C=O) groups is 2. The highest BCUT2D eigenvalue weighted by Crippen LogP contribution is 2.35. The van der Waals surface area contributed by atoms with E-state index in [4.69, 9.17) is 4.52 Å². The zero-order valence-electron chi connectivity index (χ0n) is 16.8. The molecule has 31 heavy (non-hydrogen) atoms. The number of nitrogens with one attached hydrogen (secondary N) is 1. The normalized spacial score (nSPS) is 20.7. The van der Waals surface area contributed by atoms with Gasteiger partial charge in [-0.3, -0.25) is 9.69 Å². The lowest BCUT2D eigenvalue weighted by Crippen LogP contribution is -2.45. The average molecular weight is 434 g/mol. The van der Waals surface area contributed by atoms with Crippen LogP contribution >= 0.6 is 0 Å². The summed E-state index contributed by atoms with van der Waals surface area (Å²) in [6, 6.07) is 0.518. The van der Waals surface area contributed by atoms with Crippen molar-refractivity contribution < 1.29 is 27.3 Å². The third-order valence-corrected chi connectivity index (χ3v) is 5.71. The Hall–Kier alpha value is -3.30. The van der Waals surface area contributed by atoms with Crippen LogP contribution in [0, 0.1) is 23.4 Å². The maximum Gasteiger partial charge on any atom is 0.322 e. The molecular weight excluding hydrogens is 413 g/mol. The summed E-state index contributed by atoms with van der Waals surface area (Å²) >= 11 is 0. The molecule has 2 unspecified atom stereocenters. The van der Waals surface area contributed by atoms with Gasteiger partial charge in [0.2, 0.25) is 11.8 Å². The molecule has 0 radical (unpaired) electrons. The van der Waals surface area contributed by atoms with Crippen molar-refractivity contribution in [1.29, 1.82) is 0 Å². The van der Waals surface area contributed by atoms with Crippen molar-refractivity contribution in [3.05, 3.63) is 53.5 Å². The second-order valence-electron chi connectivity index (χ2n) is 7.78. The lowest BCUT2D eigenvalue weighted by Gasteiger charge is -2.33. The Balaban J connectivity index is 1.54. The smallest absolute Gasteiger partial charge is 0.322 e. The highest BCUT2D eigenvalue weighted by molar-refractivity contribution is 5.97. The number of anilines is 2. The van der Waals surface area contributed by atoms with Gasteiger partial charge in [-0.05, 0) is 19.8 Å². The van der Waals surface area contributed by atoms with Gasteiger partial charge >= 0.3 is 6.03 Å². The minimum absolute atomic E-state index is 0.0780. The number of carbonyl (C=O) groups excluding carboxylic acids is 2. The van der Waals surface area contributed by atoms with Crippen LogP contribution in [0.2, 0.25) is 0 Å². The zero-order valence-corrected chi connectivity index (χ0v) is 16.8. The topological polar surface area (TPSA) is 78.7 Å². The van der Waals surface area contributed by atoms with Crippen LogP contribution in [0.4, 0.5) is 29.5 Å². The first kappa shape index (κ1) is 21.0. The fourth-order valence-electron chi connectivity index (χ4n) is 4.04. The van der Waals surface area contributed by atoms with Crippen LogP contribution in [0.25, 0.3) is 0 Å². The molecule has 0 bridgehead atoms. The van der Waals surface area contributed by atoms with E-state index < -0.39 is 23.5 Å². The quantitative estimate of drug-likeness (QED) is 0.583. The van der Waals surface area contributed by atoms with Gasteiger partial charge in [0.25, 0.3) is 0 Å². The first-order chi connectivity index (χ1) is 14.8. The summed E-state index contributed by atoms with van der Waals surface area (Å²) in [6.45, 7) is 6.06. The van der Waals surface area contributed by atoms with Crippen LogP contribution in [0.3, 0.4) is 0 Å². The van der Waals surface area contributed by atoms with Crippen LogP contribution in [0.1, 0.15) is 31.0 Å². The molecule has 2 aromatic rings. The largest absolute Gasteiger partial charge is 0.338 e. The first-order valence-corrected chi connectivity index (χ1v) is 9.92. The molecule has 2 aliphatic rings. The highest BCUT2D eigenvalue weighted by atomic mass is 19.2. The highest BCUT2D eigenvalue weighted by Gasteiger charge is 2.39. The van der Waals surface area contributed by atoms with E-state index in [0.717, 1.165) is 0 Å². The molecule has 3 amide bonds. The minimum Gasteiger partial charge on any atom is -0.338 e. The molecule has 1 aromatic carbocycles. The lowest BCUT2D eigenvalue weighted by atomic mass is 10.0. The average Bonchev–Trinajstić information content (AvgIpc) is 3.28. The van der Waals surface area contributed by atoms with Gasteiger partial charge in [-0.15, -0.1) is 6.58 Å². The summed E-state index contributed by atoms with van der Waals surface area (Å²) in [4.78, 5) is 28.5. The molecule has 2 aliphatic heterocycles. The van der Waals surface area contributed by atoms with Gasteiger partial charge in [0, 0.05) is 42.7 Å². The molecule has 10 heteroatoms. The van der Waals surface area contributed by atoms with Crippen LogP contribution in [0.5, 0.6) is 0 Å². The Labute approximate surface area is 176 Å². The van der Waals surface area contributed by atoms with Crippen LogP contribution in [0.15, 0.2) is 29.3 Å². The van der Waals surface area contributed by atoms with Crippen LogP contribution < -0.4 is 10.2 Å². The molecule has 7 nitrogen and oxygen atoms in total. The Bertz CT molecular complexity index is 1030. The number of benzene rings is 1. The number of hydrogen-bond acceptors (Lipinski definition) is 4. The van der Waals surface area contributed by atoms with Gasteiger partial charge in [-0.1, -0.05) is 11.2 Å². The van der Waals surface area contributed by atoms with Crippen LogP contribution in [-0.2, 0) is 17.8 Å². The van der Waals surface area contributed by atoms with E-state index >= 15 is 0 Å². The monoisotopic (exact) mass is 434 g/mol. The summed E-state index contributed by atoms with van der Waals surface area (Å²) in [7, 11) is 0. The predicted molar refractivity (Wildman–Crippen MR) is 106 cm³/mol. The fourth-order valence-corrected chi connectivity index (χ4v) is 4.04. The summed E-state index contributed by atoms with van der Waals surface area (Å²) in [5, 5.41) is 6.47. The molecule has 4 rings (SSSR count). The van der Waals surface area contributed by atoms with Crippen molar-refractivity contribution in [3.63, 3.8) is 0 Å². The zero-order chi connectivity index (χ0) is 22.3. The Morgan fingerprint density at radius 1 is 1.35 bits per heavy atom. The molecule has 3 heterocycles. The minimum atomic E-state index is -1.60. The molecule has 0 saturated carbocycles.